The molecule has 0 radical (unpaired) electrons. The Hall–Kier alpha value is -2.02. The standard InChI is InChI=1S/C10H12N4O3/c1-6-2-8(14(16)17)10(12-4-6)13-5-7(11)3-9(13)15/h2,4,7H,3,5,11H2,1H3. The summed E-state index contributed by atoms with van der Waals surface area (Å²) in [7, 11) is 0. The van der Waals surface area contributed by atoms with Gasteiger partial charge in [-0.05, 0) is 12.5 Å². The van der Waals surface area contributed by atoms with Crippen LogP contribution in [-0.2, 0) is 4.79 Å². The maximum absolute atomic E-state index is 11.6. The van der Waals surface area contributed by atoms with Crippen LogP contribution in [0.15, 0.2) is 12.3 Å². The second-order valence-electron chi connectivity index (χ2n) is 4.08. The molecule has 1 saturated heterocycles. The lowest BCUT2D eigenvalue weighted by Crippen LogP contribution is -2.29. The summed E-state index contributed by atoms with van der Waals surface area (Å²) in [5, 5.41) is 10.9. The number of hydrogen-bond donors (Lipinski definition) is 1. The van der Waals surface area contributed by atoms with E-state index in [-0.39, 0.29) is 36.4 Å². The molecule has 7 nitrogen and oxygen atoms in total. The Morgan fingerprint density at radius 2 is 2.35 bits per heavy atom. The molecule has 2 N–H and O–H groups in total. The van der Waals surface area contributed by atoms with Gasteiger partial charge in [-0.2, -0.15) is 0 Å². The maximum atomic E-state index is 11.6. The van der Waals surface area contributed by atoms with Crippen LogP contribution in [0.2, 0.25) is 0 Å². The lowest BCUT2D eigenvalue weighted by molar-refractivity contribution is -0.384. The van der Waals surface area contributed by atoms with Crippen LogP contribution < -0.4 is 10.6 Å². The molecule has 1 aromatic rings. The van der Waals surface area contributed by atoms with Crippen molar-refractivity contribution in [3.63, 3.8) is 0 Å². The predicted molar refractivity (Wildman–Crippen MR) is 60.6 cm³/mol. The average molecular weight is 236 g/mol. The lowest BCUT2D eigenvalue weighted by Gasteiger charge is -2.14. The Bertz CT molecular complexity index is 488. The summed E-state index contributed by atoms with van der Waals surface area (Å²) >= 11 is 0. The molecule has 17 heavy (non-hydrogen) atoms. The SMILES string of the molecule is Cc1cnc(N2CC(N)CC2=O)c([N+](=O)[O-])c1. The average Bonchev–Trinajstić information content (AvgIpc) is 2.57. The summed E-state index contributed by atoms with van der Waals surface area (Å²) in [6, 6.07) is 1.12. The first-order valence-corrected chi connectivity index (χ1v) is 5.16. The zero-order chi connectivity index (χ0) is 12.6. The Labute approximate surface area is 97.4 Å². The number of rotatable bonds is 2. The number of carbonyl (C=O) groups excluding carboxylic acids is 1. The fourth-order valence-corrected chi connectivity index (χ4v) is 1.83. The summed E-state index contributed by atoms with van der Waals surface area (Å²) in [6.07, 6.45) is 1.70. The third-order valence-corrected chi connectivity index (χ3v) is 2.59. The molecule has 0 aromatic carbocycles. The molecule has 0 saturated carbocycles. The molecule has 0 aliphatic carbocycles. The van der Waals surface area contributed by atoms with E-state index in [2.05, 4.69) is 4.98 Å². The molecule has 1 aromatic heterocycles. The quantitative estimate of drug-likeness (QED) is 0.590. The number of carbonyl (C=O) groups is 1. The van der Waals surface area contributed by atoms with Crippen LogP contribution in [0.3, 0.4) is 0 Å². The van der Waals surface area contributed by atoms with Crippen molar-refractivity contribution in [2.45, 2.75) is 19.4 Å². The number of amides is 1. The van der Waals surface area contributed by atoms with Crippen molar-refractivity contribution in [1.82, 2.24) is 4.98 Å². The fourth-order valence-electron chi connectivity index (χ4n) is 1.83. The van der Waals surface area contributed by atoms with Gasteiger partial charge in [0.05, 0.1) is 4.92 Å². The van der Waals surface area contributed by atoms with E-state index < -0.39 is 4.92 Å². The van der Waals surface area contributed by atoms with E-state index in [9.17, 15) is 14.9 Å². The third-order valence-electron chi connectivity index (χ3n) is 2.59. The van der Waals surface area contributed by atoms with Gasteiger partial charge in [0.2, 0.25) is 11.7 Å². The van der Waals surface area contributed by atoms with Gasteiger partial charge in [0.25, 0.3) is 0 Å². The van der Waals surface area contributed by atoms with E-state index in [1.807, 2.05) is 0 Å². The normalized spacial score (nSPS) is 19.8. The molecule has 1 atom stereocenters. The van der Waals surface area contributed by atoms with Gasteiger partial charge in [-0.25, -0.2) is 4.98 Å². The van der Waals surface area contributed by atoms with Crippen molar-refractivity contribution in [2.75, 3.05) is 11.4 Å². The summed E-state index contributed by atoms with van der Waals surface area (Å²) in [5.41, 5.74) is 6.17. The van der Waals surface area contributed by atoms with E-state index in [1.54, 1.807) is 6.92 Å². The van der Waals surface area contributed by atoms with Gasteiger partial charge in [-0.3, -0.25) is 19.8 Å². The molecule has 1 unspecified atom stereocenters. The first-order chi connectivity index (χ1) is 7.99. The lowest BCUT2D eigenvalue weighted by atomic mass is 10.2. The van der Waals surface area contributed by atoms with E-state index in [0.29, 0.717) is 5.56 Å². The zero-order valence-corrected chi connectivity index (χ0v) is 9.29. The number of nitro groups is 1. The largest absolute Gasteiger partial charge is 0.326 e. The fraction of sp³-hybridized carbons (Fsp3) is 0.400. The van der Waals surface area contributed by atoms with E-state index in [1.165, 1.54) is 17.2 Å². The number of nitrogens with two attached hydrogens (primary N) is 1. The van der Waals surface area contributed by atoms with E-state index >= 15 is 0 Å². The zero-order valence-electron chi connectivity index (χ0n) is 9.29. The monoisotopic (exact) mass is 236 g/mol. The minimum Gasteiger partial charge on any atom is -0.326 e. The highest BCUT2D eigenvalue weighted by Gasteiger charge is 2.33. The van der Waals surface area contributed by atoms with E-state index in [4.69, 9.17) is 5.73 Å². The second kappa shape index (κ2) is 4.10. The van der Waals surface area contributed by atoms with Crippen molar-refractivity contribution in [3.05, 3.63) is 27.9 Å². The molecule has 90 valence electrons. The van der Waals surface area contributed by atoms with Gasteiger partial charge < -0.3 is 5.73 Å². The summed E-state index contributed by atoms with van der Waals surface area (Å²) in [5.74, 6) is -0.143. The number of aromatic nitrogens is 1. The topological polar surface area (TPSA) is 102 Å². The third kappa shape index (κ3) is 2.09. The van der Waals surface area contributed by atoms with Crippen molar-refractivity contribution in [2.24, 2.45) is 5.73 Å². The van der Waals surface area contributed by atoms with Gasteiger partial charge >= 0.3 is 5.69 Å². The van der Waals surface area contributed by atoms with Crippen LogP contribution in [0.5, 0.6) is 0 Å². The minimum absolute atomic E-state index is 0.0820. The predicted octanol–water partition coefficient (Wildman–Crippen LogP) is 0.362. The van der Waals surface area contributed by atoms with Crippen molar-refractivity contribution in [1.29, 1.82) is 0 Å². The van der Waals surface area contributed by atoms with Gasteiger partial charge in [0.15, 0.2) is 0 Å². The highest BCUT2D eigenvalue weighted by atomic mass is 16.6. The molecule has 0 bridgehead atoms. The molecule has 2 rings (SSSR count). The molecule has 1 aliphatic rings. The Morgan fingerprint density at radius 3 is 2.88 bits per heavy atom. The van der Waals surface area contributed by atoms with Crippen LogP contribution in [-0.4, -0.2) is 28.4 Å². The molecular weight excluding hydrogens is 224 g/mol. The first kappa shape index (κ1) is 11.5. The Kier molecular flexibility index (Phi) is 2.76. The number of nitrogens with zero attached hydrogens (tertiary/aromatic N) is 3. The molecule has 0 spiro atoms. The highest BCUT2D eigenvalue weighted by Crippen LogP contribution is 2.29. The number of aryl methyl sites for hydroxylation is 1. The van der Waals surface area contributed by atoms with Gasteiger partial charge in [0, 0.05) is 31.3 Å². The maximum Gasteiger partial charge on any atom is 0.312 e. The Morgan fingerprint density at radius 1 is 1.65 bits per heavy atom. The number of hydrogen-bond acceptors (Lipinski definition) is 5. The van der Waals surface area contributed by atoms with Crippen molar-refractivity contribution in [3.8, 4) is 0 Å². The molecule has 2 heterocycles. The summed E-state index contributed by atoms with van der Waals surface area (Å²) < 4.78 is 0. The number of pyridine rings is 1. The molecule has 1 amide bonds. The van der Waals surface area contributed by atoms with E-state index in [0.717, 1.165) is 0 Å². The van der Waals surface area contributed by atoms with Crippen LogP contribution in [0.4, 0.5) is 11.5 Å². The highest BCUT2D eigenvalue weighted by molar-refractivity contribution is 5.97. The summed E-state index contributed by atoms with van der Waals surface area (Å²) in [4.78, 5) is 27.3. The molecule has 7 heteroatoms. The Balaban J connectivity index is 2.45. The van der Waals surface area contributed by atoms with Crippen LogP contribution >= 0.6 is 0 Å². The van der Waals surface area contributed by atoms with Crippen LogP contribution in [0.25, 0.3) is 0 Å². The van der Waals surface area contributed by atoms with Crippen LogP contribution in [0, 0.1) is 17.0 Å². The minimum atomic E-state index is -0.535. The smallest absolute Gasteiger partial charge is 0.312 e. The van der Waals surface area contributed by atoms with Gasteiger partial charge in [0.1, 0.15) is 0 Å². The second-order valence-corrected chi connectivity index (χ2v) is 4.08. The number of anilines is 1. The van der Waals surface area contributed by atoms with Gasteiger partial charge in [-0.15, -0.1) is 0 Å². The van der Waals surface area contributed by atoms with Crippen molar-refractivity contribution < 1.29 is 9.72 Å². The molecular formula is C10H12N4O3. The van der Waals surface area contributed by atoms with Crippen LogP contribution in [0.1, 0.15) is 12.0 Å². The first-order valence-electron chi connectivity index (χ1n) is 5.16. The van der Waals surface area contributed by atoms with Gasteiger partial charge in [-0.1, -0.05) is 0 Å². The molecule has 1 aliphatic heterocycles. The van der Waals surface area contributed by atoms with Crippen molar-refractivity contribution >= 4 is 17.4 Å². The summed E-state index contributed by atoms with van der Waals surface area (Å²) in [6.45, 7) is 1.98. The molecule has 1 fully saturated rings.